The van der Waals surface area contributed by atoms with E-state index in [4.69, 9.17) is 0 Å². The molecule has 28 heavy (non-hydrogen) atoms. The summed E-state index contributed by atoms with van der Waals surface area (Å²) in [5.41, 5.74) is 4.16. The monoisotopic (exact) mass is 369 g/mol. The molecule has 0 atom stereocenters. The lowest BCUT2D eigenvalue weighted by molar-refractivity contribution is 0.0945. The summed E-state index contributed by atoms with van der Waals surface area (Å²) in [4.78, 5) is 25.2. The van der Waals surface area contributed by atoms with Gasteiger partial charge in [-0.05, 0) is 24.6 Å². The van der Waals surface area contributed by atoms with Crippen molar-refractivity contribution in [1.82, 2.24) is 20.3 Å². The fourth-order valence-corrected chi connectivity index (χ4v) is 2.95. The predicted molar refractivity (Wildman–Crippen MR) is 109 cm³/mol. The molecule has 0 fully saturated rings. The van der Waals surface area contributed by atoms with Gasteiger partial charge in [0.05, 0.1) is 23.6 Å². The van der Waals surface area contributed by atoms with Crippen molar-refractivity contribution in [2.45, 2.75) is 13.5 Å². The Labute approximate surface area is 162 Å². The number of pyridine rings is 1. The molecule has 0 unspecified atom stereocenters. The second-order valence-electron chi connectivity index (χ2n) is 6.46. The molecule has 2 aromatic carbocycles. The molecule has 1 amide bonds. The summed E-state index contributed by atoms with van der Waals surface area (Å²) in [7, 11) is 0. The number of aromatic nitrogens is 3. The number of hydrogen-bond donors (Lipinski definition) is 2. The number of aryl methyl sites for hydroxylation is 1. The highest BCUT2D eigenvalue weighted by atomic mass is 16.1. The first-order valence-corrected chi connectivity index (χ1v) is 8.95. The molecule has 0 saturated carbocycles. The third kappa shape index (κ3) is 3.96. The molecule has 0 spiro atoms. The number of hydrogen-bond acceptors (Lipinski definition) is 5. The lowest BCUT2D eigenvalue weighted by Gasteiger charge is -2.09. The van der Waals surface area contributed by atoms with Gasteiger partial charge in [-0.15, -0.1) is 0 Å². The van der Waals surface area contributed by atoms with E-state index in [1.807, 2.05) is 61.5 Å². The molecule has 0 saturated heterocycles. The van der Waals surface area contributed by atoms with Gasteiger partial charge in [-0.1, -0.05) is 48.0 Å². The number of fused-ring (bicyclic) bond motifs is 1. The maximum absolute atomic E-state index is 12.3. The van der Waals surface area contributed by atoms with E-state index in [2.05, 4.69) is 25.6 Å². The number of anilines is 2. The number of rotatable bonds is 5. The van der Waals surface area contributed by atoms with Crippen LogP contribution in [0.5, 0.6) is 0 Å². The van der Waals surface area contributed by atoms with Gasteiger partial charge < -0.3 is 10.6 Å². The smallest absolute Gasteiger partial charge is 0.271 e. The quantitative estimate of drug-likeness (QED) is 0.556. The molecule has 6 heteroatoms. The summed E-state index contributed by atoms with van der Waals surface area (Å²) < 4.78 is 0. The van der Waals surface area contributed by atoms with Crippen molar-refractivity contribution in [3.05, 3.63) is 90.0 Å². The number of nitrogens with zero attached hydrogens (tertiary/aromatic N) is 3. The molecule has 2 heterocycles. The molecule has 4 rings (SSSR count). The van der Waals surface area contributed by atoms with Crippen LogP contribution in [0.25, 0.3) is 10.9 Å². The summed E-state index contributed by atoms with van der Waals surface area (Å²) in [6.07, 6.45) is 4.76. The minimum Gasteiger partial charge on any atom is -0.347 e. The molecule has 6 nitrogen and oxygen atoms in total. The number of para-hydroxylation sites is 1. The third-order valence-electron chi connectivity index (χ3n) is 4.32. The largest absolute Gasteiger partial charge is 0.347 e. The zero-order valence-electron chi connectivity index (χ0n) is 15.4. The van der Waals surface area contributed by atoms with Gasteiger partial charge in [-0.2, -0.15) is 0 Å². The van der Waals surface area contributed by atoms with E-state index in [1.165, 1.54) is 6.20 Å². The molecule has 0 radical (unpaired) electrons. The molecule has 138 valence electrons. The van der Waals surface area contributed by atoms with Gasteiger partial charge in [-0.3, -0.25) is 9.78 Å². The van der Waals surface area contributed by atoms with E-state index < -0.39 is 0 Å². The van der Waals surface area contributed by atoms with E-state index >= 15 is 0 Å². The Morgan fingerprint density at radius 2 is 1.82 bits per heavy atom. The van der Waals surface area contributed by atoms with Crippen molar-refractivity contribution in [1.29, 1.82) is 0 Å². The van der Waals surface area contributed by atoms with E-state index in [9.17, 15) is 4.79 Å². The highest BCUT2D eigenvalue weighted by Crippen LogP contribution is 2.23. The molecule has 2 aromatic heterocycles. The maximum Gasteiger partial charge on any atom is 0.271 e. The van der Waals surface area contributed by atoms with Crippen LogP contribution >= 0.6 is 0 Å². The van der Waals surface area contributed by atoms with Crippen LogP contribution in [0, 0.1) is 6.92 Å². The standard InChI is InChI=1S/C22H19N5O/c1-15-5-2-6-16(11-15)12-26-22(28)19-13-25-20(14-24-19)27-18-9-3-7-17-8-4-10-23-21(17)18/h2-11,13-14H,12H2,1H3,(H,25,27)(H,26,28). The Hall–Kier alpha value is -3.80. The minimum absolute atomic E-state index is 0.257. The van der Waals surface area contributed by atoms with Gasteiger partial charge in [0.1, 0.15) is 11.5 Å². The molecule has 0 aliphatic carbocycles. The molecule has 0 aliphatic heterocycles. The van der Waals surface area contributed by atoms with Gasteiger partial charge >= 0.3 is 0 Å². The van der Waals surface area contributed by atoms with Crippen LogP contribution in [0.4, 0.5) is 11.5 Å². The second kappa shape index (κ2) is 7.84. The van der Waals surface area contributed by atoms with Gasteiger partial charge in [-0.25, -0.2) is 9.97 Å². The van der Waals surface area contributed by atoms with Crippen LogP contribution in [0.15, 0.2) is 73.2 Å². The average Bonchev–Trinajstić information content (AvgIpc) is 2.73. The van der Waals surface area contributed by atoms with Gasteiger partial charge in [0, 0.05) is 18.1 Å². The number of nitrogens with one attached hydrogen (secondary N) is 2. The third-order valence-corrected chi connectivity index (χ3v) is 4.32. The van der Waals surface area contributed by atoms with Crippen LogP contribution in [-0.2, 0) is 6.54 Å². The lowest BCUT2D eigenvalue weighted by atomic mass is 10.1. The zero-order chi connectivity index (χ0) is 19.3. The Balaban J connectivity index is 1.44. The summed E-state index contributed by atoms with van der Waals surface area (Å²) >= 11 is 0. The molecule has 4 aromatic rings. The summed E-state index contributed by atoms with van der Waals surface area (Å²) in [6.45, 7) is 2.47. The van der Waals surface area contributed by atoms with Crippen molar-refractivity contribution >= 4 is 28.3 Å². The topological polar surface area (TPSA) is 79.8 Å². The van der Waals surface area contributed by atoms with Crippen LogP contribution in [0.3, 0.4) is 0 Å². The SMILES string of the molecule is Cc1cccc(CNC(=O)c2cnc(Nc3cccc4cccnc34)cn2)c1. The maximum atomic E-state index is 12.3. The van der Waals surface area contributed by atoms with E-state index in [1.54, 1.807) is 12.4 Å². The fourth-order valence-electron chi connectivity index (χ4n) is 2.95. The Morgan fingerprint density at radius 1 is 0.964 bits per heavy atom. The molecule has 2 N–H and O–H groups in total. The van der Waals surface area contributed by atoms with Crippen LogP contribution in [-0.4, -0.2) is 20.9 Å². The molecule has 0 aliphatic rings. The van der Waals surface area contributed by atoms with Gasteiger partial charge in [0.25, 0.3) is 5.91 Å². The zero-order valence-corrected chi connectivity index (χ0v) is 15.4. The fraction of sp³-hybridized carbons (Fsp3) is 0.0909. The van der Waals surface area contributed by atoms with Gasteiger partial charge in [0.2, 0.25) is 0 Å². The number of amides is 1. The summed E-state index contributed by atoms with van der Waals surface area (Å²) in [6, 6.07) is 17.8. The van der Waals surface area contributed by atoms with Crippen molar-refractivity contribution < 1.29 is 4.79 Å². The molecular weight excluding hydrogens is 350 g/mol. The van der Waals surface area contributed by atoms with E-state index in [-0.39, 0.29) is 11.6 Å². The van der Waals surface area contributed by atoms with Gasteiger partial charge in [0.15, 0.2) is 0 Å². The number of benzene rings is 2. The van der Waals surface area contributed by atoms with Crippen molar-refractivity contribution in [2.75, 3.05) is 5.32 Å². The van der Waals surface area contributed by atoms with Crippen molar-refractivity contribution in [3.8, 4) is 0 Å². The van der Waals surface area contributed by atoms with Crippen molar-refractivity contribution in [3.63, 3.8) is 0 Å². The lowest BCUT2D eigenvalue weighted by Crippen LogP contribution is -2.24. The van der Waals surface area contributed by atoms with Crippen LogP contribution < -0.4 is 10.6 Å². The summed E-state index contributed by atoms with van der Waals surface area (Å²) in [5, 5.41) is 7.11. The van der Waals surface area contributed by atoms with Crippen LogP contribution in [0.1, 0.15) is 21.6 Å². The predicted octanol–water partition coefficient (Wildman–Crippen LogP) is 4.01. The number of carbonyl (C=O) groups is 1. The molecular formula is C22H19N5O. The van der Waals surface area contributed by atoms with E-state index in [0.717, 1.165) is 27.7 Å². The Bertz CT molecular complexity index is 1120. The average molecular weight is 369 g/mol. The number of carbonyl (C=O) groups excluding carboxylic acids is 1. The first-order chi connectivity index (χ1) is 13.7. The first kappa shape index (κ1) is 17.6. The van der Waals surface area contributed by atoms with E-state index in [0.29, 0.717) is 12.4 Å². The Morgan fingerprint density at radius 3 is 2.64 bits per heavy atom. The highest BCUT2D eigenvalue weighted by molar-refractivity contribution is 5.93. The normalized spacial score (nSPS) is 10.6. The highest BCUT2D eigenvalue weighted by Gasteiger charge is 2.09. The van der Waals surface area contributed by atoms with Crippen LogP contribution in [0.2, 0.25) is 0 Å². The Kier molecular flexibility index (Phi) is 4.93. The molecule has 0 bridgehead atoms. The first-order valence-electron chi connectivity index (χ1n) is 8.95. The second-order valence-corrected chi connectivity index (χ2v) is 6.46. The minimum atomic E-state index is -0.257. The van der Waals surface area contributed by atoms with Crippen molar-refractivity contribution in [2.24, 2.45) is 0 Å². The summed E-state index contributed by atoms with van der Waals surface area (Å²) in [5.74, 6) is 0.292.